The normalized spacial score (nSPS) is 11.6. The van der Waals surface area contributed by atoms with Gasteiger partial charge in [0, 0.05) is 44.3 Å². The maximum atomic E-state index is 2.48. The van der Waals surface area contributed by atoms with Crippen molar-refractivity contribution in [3.8, 4) is 22.3 Å². The van der Waals surface area contributed by atoms with Gasteiger partial charge in [0.15, 0.2) is 0 Å². The molecule has 0 N–H and O–H groups in total. The third-order valence-electron chi connectivity index (χ3n) is 14.1. The van der Waals surface area contributed by atoms with E-state index >= 15 is 0 Å². The average Bonchev–Trinajstić information content (AvgIpc) is 3.33. The molecule has 0 aromatic heterocycles. The number of rotatable bonds is 8. The number of aryl methyl sites for hydroxylation is 9. The molecule has 0 heterocycles. The quantitative estimate of drug-likeness (QED) is 0.140. The zero-order chi connectivity index (χ0) is 47.7. The molecule has 11 aromatic carbocycles. The van der Waals surface area contributed by atoms with Crippen LogP contribution in [-0.4, -0.2) is 0 Å². The monoisotopic (exact) mass is 890 g/mol. The summed E-state index contributed by atoms with van der Waals surface area (Å²) < 4.78 is 0. The number of hydrogen-bond acceptors (Lipinski definition) is 2. The molecule has 2 nitrogen and oxygen atoms in total. The highest BCUT2D eigenvalue weighted by atomic mass is 15.2. The lowest BCUT2D eigenvalue weighted by Crippen LogP contribution is -2.12. The van der Waals surface area contributed by atoms with Gasteiger partial charge in [-0.25, -0.2) is 0 Å². The molecule has 0 atom stereocenters. The van der Waals surface area contributed by atoms with Crippen molar-refractivity contribution in [2.24, 2.45) is 0 Å². The summed E-state index contributed by atoms with van der Waals surface area (Å²) >= 11 is 0. The number of benzene rings is 11. The second-order valence-corrected chi connectivity index (χ2v) is 19.7. The number of nitrogens with zero attached hydrogens (tertiary/aromatic N) is 2. The van der Waals surface area contributed by atoms with Gasteiger partial charge in [0.05, 0.1) is 11.4 Å². The topological polar surface area (TPSA) is 6.48 Å². The van der Waals surface area contributed by atoms with Crippen molar-refractivity contribution in [1.82, 2.24) is 0 Å². The predicted octanol–water partition coefficient (Wildman–Crippen LogP) is 19.3. The SMILES string of the molecule is Cc1ccc(N(c2ccc(C)cc2)c2c3ccc(C)cc3c(-c3cc(C)cc(-c4c5cc(C)ccc5c(N(c5ccc(C)cc5)c5ccc(C)cc5)c5cc(C)ccc45)c3)c3ccc(C)cc23)cc1. The van der Waals surface area contributed by atoms with Crippen molar-refractivity contribution in [2.75, 3.05) is 9.80 Å². The Hall–Kier alpha value is -7.94. The van der Waals surface area contributed by atoms with E-state index in [-0.39, 0.29) is 0 Å². The standard InChI is InChI=1S/C67H58N2/c1-41-10-22-52(23-11-41)68(53-24-12-42(2)13-25-53)66-58-32-20-45(5)36-60(58)64(56-30-18-47(7)38-62(56)66)50-34-49(9)35-51(40-50)65-57-31-19-48(8)39-63(57)67(59-33-21-46(6)37-61(59)65)69(54-26-14-43(3)15-27-54)55-28-16-44(4)17-29-55/h10-40H,1-9H3. The molecule has 336 valence electrons. The zero-order valence-electron chi connectivity index (χ0n) is 41.3. The molecule has 0 fully saturated rings. The fraction of sp³-hybridized carbons (Fsp3) is 0.134. The van der Waals surface area contributed by atoms with Crippen LogP contribution in [0, 0.1) is 62.3 Å². The average molecular weight is 891 g/mol. The van der Waals surface area contributed by atoms with Crippen LogP contribution in [0.5, 0.6) is 0 Å². The lowest BCUT2D eigenvalue weighted by atomic mass is 9.84. The maximum absolute atomic E-state index is 2.48. The number of hydrogen-bond donors (Lipinski definition) is 0. The lowest BCUT2D eigenvalue weighted by Gasteiger charge is -2.30. The Morgan fingerprint density at radius 1 is 0.203 bits per heavy atom. The minimum atomic E-state index is 1.13. The van der Waals surface area contributed by atoms with Crippen LogP contribution in [0.1, 0.15) is 50.1 Å². The van der Waals surface area contributed by atoms with Gasteiger partial charge in [-0.1, -0.05) is 166 Å². The molecule has 11 rings (SSSR count). The first kappa shape index (κ1) is 43.6. The van der Waals surface area contributed by atoms with E-state index in [1.165, 1.54) is 127 Å². The molecule has 0 radical (unpaired) electrons. The van der Waals surface area contributed by atoms with Crippen LogP contribution < -0.4 is 9.80 Å². The predicted molar refractivity (Wildman–Crippen MR) is 299 cm³/mol. The summed E-state index contributed by atoms with van der Waals surface area (Å²) in [5.74, 6) is 0. The fourth-order valence-corrected chi connectivity index (χ4v) is 10.6. The van der Waals surface area contributed by atoms with Gasteiger partial charge in [0.2, 0.25) is 0 Å². The first-order chi connectivity index (χ1) is 33.4. The second-order valence-electron chi connectivity index (χ2n) is 19.7. The first-order valence-corrected chi connectivity index (χ1v) is 24.3. The Bertz CT molecular complexity index is 3440. The highest BCUT2D eigenvalue weighted by Crippen LogP contribution is 2.52. The van der Waals surface area contributed by atoms with Gasteiger partial charge < -0.3 is 9.80 Å². The van der Waals surface area contributed by atoms with E-state index in [0.717, 1.165) is 22.7 Å². The Labute approximate surface area is 407 Å². The summed E-state index contributed by atoms with van der Waals surface area (Å²) in [6.07, 6.45) is 0. The second kappa shape index (κ2) is 17.3. The first-order valence-electron chi connectivity index (χ1n) is 24.3. The van der Waals surface area contributed by atoms with E-state index in [1.54, 1.807) is 0 Å². The van der Waals surface area contributed by atoms with Crippen LogP contribution in [0.2, 0.25) is 0 Å². The third-order valence-corrected chi connectivity index (χ3v) is 14.1. The molecule has 0 amide bonds. The van der Waals surface area contributed by atoms with Gasteiger partial charge in [-0.15, -0.1) is 0 Å². The van der Waals surface area contributed by atoms with Gasteiger partial charge in [0.25, 0.3) is 0 Å². The molecule has 2 heteroatoms. The van der Waals surface area contributed by atoms with Crippen LogP contribution in [-0.2, 0) is 0 Å². The minimum Gasteiger partial charge on any atom is -0.309 e. The van der Waals surface area contributed by atoms with Crippen molar-refractivity contribution in [3.63, 3.8) is 0 Å². The van der Waals surface area contributed by atoms with E-state index < -0.39 is 0 Å². The maximum Gasteiger partial charge on any atom is 0.0618 e. The zero-order valence-corrected chi connectivity index (χ0v) is 41.3. The van der Waals surface area contributed by atoms with Crippen molar-refractivity contribution >= 4 is 77.2 Å². The molecular formula is C67H58N2. The van der Waals surface area contributed by atoms with Crippen LogP contribution in [0.4, 0.5) is 34.1 Å². The summed E-state index contributed by atoms with van der Waals surface area (Å²) in [6, 6.07) is 71.4. The minimum absolute atomic E-state index is 1.13. The van der Waals surface area contributed by atoms with Crippen LogP contribution in [0.15, 0.2) is 188 Å². The van der Waals surface area contributed by atoms with Gasteiger partial charge >= 0.3 is 0 Å². The van der Waals surface area contributed by atoms with Crippen LogP contribution in [0.25, 0.3) is 65.3 Å². The highest BCUT2D eigenvalue weighted by Gasteiger charge is 2.26. The smallest absolute Gasteiger partial charge is 0.0618 e. The molecule has 0 saturated heterocycles. The molecule has 11 aromatic rings. The molecule has 0 aliphatic rings. The highest BCUT2D eigenvalue weighted by molar-refractivity contribution is 6.25. The van der Waals surface area contributed by atoms with E-state index in [2.05, 4.69) is 260 Å². The molecule has 0 spiro atoms. The molecule has 69 heavy (non-hydrogen) atoms. The van der Waals surface area contributed by atoms with E-state index in [1.807, 2.05) is 0 Å². The molecule has 0 bridgehead atoms. The summed E-state index contributed by atoms with van der Waals surface area (Å²) in [6.45, 7) is 19.8. The van der Waals surface area contributed by atoms with E-state index in [0.29, 0.717) is 0 Å². The van der Waals surface area contributed by atoms with E-state index in [4.69, 9.17) is 0 Å². The van der Waals surface area contributed by atoms with Gasteiger partial charge in [-0.05, 0) is 178 Å². The Balaban J connectivity index is 1.22. The van der Waals surface area contributed by atoms with E-state index in [9.17, 15) is 0 Å². The summed E-state index contributed by atoms with van der Waals surface area (Å²) in [5.41, 5.74) is 23.0. The summed E-state index contributed by atoms with van der Waals surface area (Å²) in [4.78, 5) is 4.95. The number of fused-ring (bicyclic) bond motifs is 4. The fourth-order valence-electron chi connectivity index (χ4n) is 10.6. The van der Waals surface area contributed by atoms with Crippen LogP contribution >= 0.6 is 0 Å². The Morgan fingerprint density at radius 3 is 0.768 bits per heavy atom. The van der Waals surface area contributed by atoms with Gasteiger partial charge in [-0.2, -0.15) is 0 Å². The lowest BCUT2D eigenvalue weighted by molar-refractivity contribution is 1.29. The van der Waals surface area contributed by atoms with Gasteiger partial charge in [0.1, 0.15) is 0 Å². The number of anilines is 6. The summed E-state index contributed by atoms with van der Waals surface area (Å²) in [7, 11) is 0. The Morgan fingerprint density at radius 2 is 0.464 bits per heavy atom. The molecular weight excluding hydrogens is 833 g/mol. The largest absolute Gasteiger partial charge is 0.309 e. The van der Waals surface area contributed by atoms with Crippen molar-refractivity contribution in [3.05, 3.63) is 238 Å². The van der Waals surface area contributed by atoms with Gasteiger partial charge in [-0.3, -0.25) is 0 Å². The van der Waals surface area contributed by atoms with Crippen molar-refractivity contribution in [1.29, 1.82) is 0 Å². The van der Waals surface area contributed by atoms with Crippen molar-refractivity contribution < 1.29 is 0 Å². The Kier molecular flexibility index (Phi) is 10.9. The molecule has 0 aliphatic carbocycles. The molecule has 0 saturated carbocycles. The van der Waals surface area contributed by atoms with Crippen LogP contribution in [0.3, 0.4) is 0 Å². The summed E-state index contributed by atoms with van der Waals surface area (Å²) in [5, 5.41) is 9.84. The molecule has 0 unspecified atom stereocenters. The molecule has 0 aliphatic heterocycles. The van der Waals surface area contributed by atoms with Crippen molar-refractivity contribution in [2.45, 2.75) is 62.3 Å². The third kappa shape index (κ3) is 7.90.